The molecule has 27 heavy (non-hydrogen) atoms. The van der Waals surface area contributed by atoms with E-state index in [-0.39, 0.29) is 17.6 Å². The molecular formula is C19H20FN5OS. The normalized spacial score (nSPS) is 15.3. The highest BCUT2D eigenvalue weighted by Gasteiger charge is 2.28. The molecule has 0 N–H and O–H groups in total. The second kappa shape index (κ2) is 7.56. The number of aromatic nitrogens is 3. The zero-order valence-corrected chi connectivity index (χ0v) is 15.8. The first kappa shape index (κ1) is 17.8. The smallest absolute Gasteiger partial charge is 0.225 e. The Bertz CT molecular complexity index is 937. The molecule has 3 heterocycles. The Morgan fingerprint density at radius 3 is 2.70 bits per heavy atom. The van der Waals surface area contributed by atoms with Crippen LogP contribution in [0.3, 0.4) is 0 Å². The molecule has 0 unspecified atom stereocenters. The zero-order valence-electron chi connectivity index (χ0n) is 15.0. The maximum atomic E-state index is 13.0. The molecule has 0 spiro atoms. The van der Waals surface area contributed by atoms with Crippen molar-refractivity contribution in [2.75, 3.05) is 25.0 Å². The summed E-state index contributed by atoms with van der Waals surface area (Å²) in [6.45, 7) is 2.10. The lowest BCUT2D eigenvalue weighted by atomic mass is 9.95. The lowest BCUT2D eigenvalue weighted by Gasteiger charge is -2.34. The van der Waals surface area contributed by atoms with Gasteiger partial charge in [0.15, 0.2) is 5.65 Å². The molecule has 1 saturated heterocycles. The number of piperidine rings is 1. The van der Waals surface area contributed by atoms with Crippen LogP contribution in [0.15, 0.2) is 36.5 Å². The largest absolute Gasteiger partial charge is 0.370 e. The van der Waals surface area contributed by atoms with Crippen LogP contribution in [0.25, 0.3) is 11.2 Å². The molecule has 1 aliphatic heterocycles. The summed E-state index contributed by atoms with van der Waals surface area (Å²) in [5.74, 6) is -0.104. The Morgan fingerprint density at radius 1 is 1.22 bits per heavy atom. The Morgan fingerprint density at radius 2 is 1.96 bits per heavy atom. The van der Waals surface area contributed by atoms with Crippen molar-refractivity contribution in [1.29, 1.82) is 0 Å². The standard InChI is InChI=1S/C19H20FN5OS/c1-24(12-13-2-4-15(20)5-3-13)19(26)14-7-10-25(11-8-14)16-6-9-21-18-17(16)22-27-23-18/h2-6,9,14H,7-8,10-12H2,1H3. The van der Waals surface area contributed by atoms with Gasteiger partial charge in [-0.25, -0.2) is 9.37 Å². The second-order valence-corrected chi connectivity index (χ2v) is 7.38. The molecule has 0 aliphatic carbocycles. The molecule has 3 aromatic rings. The van der Waals surface area contributed by atoms with Crippen molar-refractivity contribution in [2.24, 2.45) is 5.92 Å². The molecule has 1 amide bonds. The lowest BCUT2D eigenvalue weighted by Crippen LogP contribution is -2.41. The number of fused-ring (bicyclic) bond motifs is 1. The molecule has 6 nitrogen and oxygen atoms in total. The Balaban J connectivity index is 1.37. The van der Waals surface area contributed by atoms with Crippen LogP contribution in [-0.2, 0) is 11.3 Å². The van der Waals surface area contributed by atoms with Crippen molar-refractivity contribution < 1.29 is 9.18 Å². The minimum Gasteiger partial charge on any atom is -0.370 e. The van der Waals surface area contributed by atoms with Crippen LogP contribution in [0.1, 0.15) is 18.4 Å². The predicted octanol–water partition coefficient (Wildman–Crippen LogP) is 3.10. The number of hydrogen-bond acceptors (Lipinski definition) is 6. The van der Waals surface area contributed by atoms with E-state index >= 15 is 0 Å². The number of carbonyl (C=O) groups is 1. The summed E-state index contributed by atoms with van der Waals surface area (Å²) in [6, 6.07) is 8.26. The van der Waals surface area contributed by atoms with E-state index < -0.39 is 0 Å². The number of benzene rings is 1. The summed E-state index contributed by atoms with van der Waals surface area (Å²) >= 11 is 1.17. The van der Waals surface area contributed by atoms with E-state index in [0.29, 0.717) is 12.2 Å². The molecule has 1 fully saturated rings. The average Bonchev–Trinajstić information content (AvgIpc) is 3.18. The average molecular weight is 385 g/mol. The first-order valence-corrected chi connectivity index (χ1v) is 9.66. The van der Waals surface area contributed by atoms with Crippen LogP contribution in [0.4, 0.5) is 10.1 Å². The highest BCUT2D eigenvalue weighted by Crippen LogP contribution is 2.29. The van der Waals surface area contributed by atoms with Gasteiger partial charge in [0.2, 0.25) is 5.91 Å². The first-order chi connectivity index (χ1) is 13.1. The van der Waals surface area contributed by atoms with Gasteiger partial charge < -0.3 is 9.80 Å². The van der Waals surface area contributed by atoms with Crippen molar-refractivity contribution in [3.8, 4) is 0 Å². The molecule has 2 aromatic heterocycles. The molecule has 0 saturated carbocycles. The maximum absolute atomic E-state index is 13.0. The molecule has 4 rings (SSSR count). The number of rotatable bonds is 4. The number of halogens is 1. The topological polar surface area (TPSA) is 62.2 Å². The van der Waals surface area contributed by atoms with Gasteiger partial charge in [-0.3, -0.25) is 4.79 Å². The minimum atomic E-state index is -0.263. The lowest BCUT2D eigenvalue weighted by molar-refractivity contribution is -0.135. The molecule has 0 atom stereocenters. The third kappa shape index (κ3) is 3.75. The minimum absolute atomic E-state index is 0.0117. The van der Waals surface area contributed by atoms with Gasteiger partial charge in [-0.15, -0.1) is 0 Å². The quantitative estimate of drug-likeness (QED) is 0.691. The maximum Gasteiger partial charge on any atom is 0.225 e. The van der Waals surface area contributed by atoms with Crippen LogP contribution in [0, 0.1) is 11.7 Å². The van der Waals surface area contributed by atoms with Gasteiger partial charge in [0, 0.05) is 38.8 Å². The van der Waals surface area contributed by atoms with E-state index in [9.17, 15) is 9.18 Å². The van der Waals surface area contributed by atoms with Gasteiger partial charge >= 0.3 is 0 Å². The number of amides is 1. The van der Waals surface area contributed by atoms with Crippen LogP contribution in [0.2, 0.25) is 0 Å². The van der Waals surface area contributed by atoms with Crippen molar-refractivity contribution in [2.45, 2.75) is 19.4 Å². The van der Waals surface area contributed by atoms with Gasteiger partial charge in [-0.05, 0) is 36.6 Å². The summed E-state index contributed by atoms with van der Waals surface area (Å²) in [4.78, 5) is 21.0. The summed E-state index contributed by atoms with van der Waals surface area (Å²) in [5.41, 5.74) is 3.48. The van der Waals surface area contributed by atoms with Gasteiger partial charge in [0.05, 0.1) is 17.4 Å². The van der Waals surface area contributed by atoms with E-state index in [2.05, 4.69) is 18.6 Å². The Kier molecular flexibility index (Phi) is 4.98. The molecule has 0 bridgehead atoms. The monoisotopic (exact) mass is 385 g/mol. The van der Waals surface area contributed by atoms with E-state index in [1.165, 1.54) is 23.9 Å². The predicted molar refractivity (Wildman–Crippen MR) is 103 cm³/mol. The van der Waals surface area contributed by atoms with Gasteiger partial charge in [0.1, 0.15) is 11.3 Å². The Hall–Kier alpha value is -2.61. The fraction of sp³-hybridized carbons (Fsp3) is 0.368. The van der Waals surface area contributed by atoms with E-state index in [0.717, 1.165) is 42.7 Å². The van der Waals surface area contributed by atoms with Crippen LogP contribution >= 0.6 is 11.7 Å². The first-order valence-electron chi connectivity index (χ1n) is 8.93. The number of nitrogens with zero attached hydrogens (tertiary/aromatic N) is 5. The zero-order chi connectivity index (χ0) is 18.8. The number of anilines is 1. The van der Waals surface area contributed by atoms with Crippen LogP contribution in [-0.4, -0.2) is 44.7 Å². The summed E-state index contributed by atoms with van der Waals surface area (Å²) in [7, 11) is 1.81. The fourth-order valence-electron chi connectivity index (χ4n) is 3.56. The summed E-state index contributed by atoms with van der Waals surface area (Å²) < 4.78 is 21.6. The molecule has 1 aliphatic rings. The van der Waals surface area contributed by atoms with Crippen molar-refractivity contribution in [3.63, 3.8) is 0 Å². The second-order valence-electron chi connectivity index (χ2n) is 6.85. The van der Waals surface area contributed by atoms with Crippen molar-refractivity contribution in [3.05, 3.63) is 47.9 Å². The number of hydrogen-bond donors (Lipinski definition) is 0. The Labute approximate surface area is 161 Å². The van der Waals surface area contributed by atoms with Gasteiger partial charge in [-0.1, -0.05) is 12.1 Å². The van der Waals surface area contributed by atoms with Crippen LogP contribution in [0.5, 0.6) is 0 Å². The van der Waals surface area contributed by atoms with E-state index in [4.69, 9.17) is 0 Å². The highest BCUT2D eigenvalue weighted by molar-refractivity contribution is 7.00. The molecule has 1 aromatic carbocycles. The summed E-state index contributed by atoms with van der Waals surface area (Å²) in [5, 5.41) is 0. The van der Waals surface area contributed by atoms with Crippen molar-refractivity contribution in [1.82, 2.24) is 18.6 Å². The van der Waals surface area contributed by atoms with Gasteiger partial charge in [0.25, 0.3) is 0 Å². The third-order valence-corrected chi connectivity index (χ3v) is 5.56. The van der Waals surface area contributed by atoms with E-state index in [1.54, 1.807) is 23.2 Å². The third-order valence-electron chi connectivity index (χ3n) is 5.04. The highest BCUT2D eigenvalue weighted by atomic mass is 32.1. The number of carbonyl (C=O) groups excluding carboxylic acids is 1. The number of pyridine rings is 1. The van der Waals surface area contributed by atoms with Crippen LogP contribution < -0.4 is 4.90 Å². The van der Waals surface area contributed by atoms with Crippen molar-refractivity contribution >= 4 is 34.5 Å². The fourth-order valence-corrected chi connectivity index (χ4v) is 4.07. The van der Waals surface area contributed by atoms with Gasteiger partial charge in [-0.2, -0.15) is 8.75 Å². The SMILES string of the molecule is CN(Cc1ccc(F)cc1)C(=O)C1CCN(c2ccnc3nsnc23)CC1. The molecular weight excluding hydrogens is 365 g/mol. The molecule has 0 radical (unpaired) electrons. The molecule has 140 valence electrons. The molecule has 8 heteroatoms. The van der Waals surface area contributed by atoms with E-state index in [1.807, 2.05) is 13.1 Å². The summed E-state index contributed by atoms with van der Waals surface area (Å²) in [6.07, 6.45) is 3.36.